The number of benzene rings is 1. The number of carbonyl (C=O) groups is 1. The van der Waals surface area contributed by atoms with Crippen molar-refractivity contribution in [2.45, 2.75) is 96.1 Å². The molecule has 0 bridgehead atoms. The van der Waals surface area contributed by atoms with Crippen LogP contribution in [0, 0.1) is 0 Å². The molecule has 0 spiro atoms. The van der Waals surface area contributed by atoms with Crippen molar-refractivity contribution in [3.05, 3.63) is 41.5 Å². The minimum absolute atomic E-state index is 0.0166. The highest BCUT2D eigenvalue weighted by atomic mass is 16.5. The molecule has 0 heterocycles. The second kappa shape index (κ2) is 18.2. The number of allylic oxidation sites excluding steroid dienone is 2. The number of carbonyl (C=O) groups excluding carboxylic acids is 1. The van der Waals surface area contributed by atoms with Gasteiger partial charge in [-0.15, -0.1) is 0 Å². The molecule has 0 unspecified atom stereocenters. The van der Waals surface area contributed by atoms with Gasteiger partial charge in [0.1, 0.15) is 0 Å². The van der Waals surface area contributed by atoms with Gasteiger partial charge in [0.25, 0.3) is 0 Å². The van der Waals surface area contributed by atoms with E-state index >= 15 is 0 Å². The second-order valence-corrected chi connectivity index (χ2v) is 8.90. The molecule has 0 aromatic heterocycles. The third kappa shape index (κ3) is 11.8. The molecule has 1 aromatic carbocycles. The van der Waals surface area contributed by atoms with Crippen molar-refractivity contribution in [3.8, 4) is 11.5 Å². The van der Waals surface area contributed by atoms with Gasteiger partial charge in [-0.1, -0.05) is 89.4 Å². The van der Waals surface area contributed by atoms with Crippen LogP contribution >= 0.6 is 0 Å². The molecule has 0 amide bonds. The van der Waals surface area contributed by atoms with Crippen LogP contribution in [0.1, 0.15) is 89.5 Å². The number of rotatable bonds is 19. The van der Waals surface area contributed by atoms with Crippen LogP contribution in [0.4, 0.5) is 0 Å². The predicted octanol–water partition coefficient (Wildman–Crippen LogP) is 5.29. The lowest BCUT2D eigenvalue weighted by atomic mass is 9.96. The fourth-order valence-electron chi connectivity index (χ4n) is 3.83. The van der Waals surface area contributed by atoms with Crippen molar-refractivity contribution in [2.24, 2.45) is 5.73 Å². The maximum atomic E-state index is 12.8. The Bertz CT molecular complexity index is 759. The number of phenols is 1. The van der Waals surface area contributed by atoms with Crippen molar-refractivity contribution in [3.63, 3.8) is 0 Å². The molecule has 34 heavy (non-hydrogen) atoms. The maximum Gasteiger partial charge on any atom is 0.184 e. The summed E-state index contributed by atoms with van der Waals surface area (Å²) in [6, 6.07) is 3.84. The molecule has 0 aliphatic rings. The minimum Gasteiger partial charge on any atom is -0.504 e. The minimum atomic E-state index is -1.23. The third-order valence-corrected chi connectivity index (χ3v) is 6.02. The first-order valence-electron chi connectivity index (χ1n) is 12.8. The molecule has 1 rings (SSSR count). The number of nitrogens with two attached hydrogens (primary N) is 1. The van der Waals surface area contributed by atoms with Crippen LogP contribution in [-0.4, -0.2) is 47.0 Å². The number of ether oxygens (including phenoxy) is 1. The van der Waals surface area contributed by atoms with Crippen LogP contribution in [-0.2, 0) is 4.79 Å². The zero-order valence-corrected chi connectivity index (χ0v) is 21.0. The first kappa shape index (κ1) is 29.9. The van der Waals surface area contributed by atoms with E-state index < -0.39 is 18.8 Å². The lowest BCUT2D eigenvalue weighted by Gasteiger charge is -2.18. The zero-order valence-electron chi connectivity index (χ0n) is 21.0. The van der Waals surface area contributed by atoms with Gasteiger partial charge in [0.2, 0.25) is 0 Å². The number of aliphatic hydroxyl groups excluding tert-OH is 2. The van der Waals surface area contributed by atoms with Crippen LogP contribution in [0.15, 0.2) is 35.9 Å². The van der Waals surface area contributed by atoms with Crippen molar-refractivity contribution in [1.82, 2.24) is 0 Å². The smallest absolute Gasteiger partial charge is 0.184 e. The topological polar surface area (TPSA) is 113 Å². The summed E-state index contributed by atoms with van der Waals surface area (Å²) in [7, 11) is 1.45. The molecular formula is C28H45NO5. The zero-order chi connectivity index (χ0) is 25.2. The highest BCUT2D eigenvalue weighted by molar-refractivity contribution is 6.07. The molecule has 0 fully saturated rings. The molecule has 5 N–H and O–H groups in total. The molecule has 6 nitrogen and oxygen atoms in total. The summed E-state index contributed by atoms with van der Waals surface area (Å²) in [5.74, 6) is -0.0291. The van der Waals surface area contributed by atoms with Gasteiger partial charge in [-0.05, 0) is 36.6 Å². The summed E-state index contributed by atoms with van der Waals surface area (Å²) in [4.78, 5) is 12.8. The van der Waals surface area contributed by atoms with E-state index in [4.69, 9.17) is 10.5 Å². The fraction of sp³-hybridized carbons (Fsp3) is 0.607. The monoisotopic (exact) mass is 475 g/mol. The van der Waals surface area contributed by atoms with Gasteiger partial charge in [-0.25, -0.2) is 0 Å². The average molecular weight is 476 g/mol. The van der Waals surface area contributed by atoms with E-state index in [0.29, 0.717) is 17.7 Å². The Morgan fingerprint density at radius 2 is 1.62 bits per heavy atom. The van der Waals surface area contributed by atoms with E-state index in [9.17, 15) is 20.1 Å². The van der Waals surface area contributed by atoms with E-state index in [1.165, 1.54) is 77.0 Å². The summed E-state index contributed by atoms with van der Waals surface area (Å²) < 4.78 is 5.09. The number of methoxy groups -OCH3 is 1. The Balaban J connectivity index is 2.55. The number of aromatic hydroxyl groups is 1. The Hall–Kier alpha value is -2.15. The van der Waals surface area contributed by atoms with Crippen molar-refractivity contribution < 1.29 is 24.9 Å². The van der Waals surface area contributed by atoms with Gasteiger partial charge in [0.15, 0.2) is 17.3 Å². The molecule has 0 aliphatic carbocycles. The normalized spacial score (nSPS) is 13.9. The molecule has 0 radical (unpaired) electrons. The predicted molar refractivity (Wildman–Crippen MR) is 139 cm³/mol. The SMILES string of the molecule is CCCCCCCCCCCCC/C=C(\C(=O)/C=C/c1ccc(O)c(OC)c1)[C@@H](O)[C@@H](N)CO. The van der Waals surface area contributed by atoms with Gasteiger partial charge in [-0.3, -0.25) is 4.79 Å². The lowest BCUT2D eigenvalue weighted by Crippen LogP contribution is -2.40. The van der Waals surface area contributed by atoms with Crippen LogP contribution < -0.4 is 10.5 Å². The summed E-state index contributed by atoms with van der Waals surface area (Å²) in [6.45, 7) is 1.82. The molecule has 192 valence electrons. The van der Waals surface area contributed by atoms with Gasteiger partial charge < -0.3 is 25.8 Å². The Labute approximate surface area is 205 Å². The van der Waals surface area contributed by atoms with Crippen LogP contribution in [0.25, 0.3) is 6.08 Å². The van der Waals surface area contributed by atoms with E-state index in [-0.39, 0.29) is 17.1 Å². The second-order valence-electron chi connectivity index (χ2n) is 8.90. The number of aliphatic hydroxyl groups is 2. The van der Waals surface area contributed by atoms with Gasteiger partial charge in [0, 0.05) is 5.57 Å². The first-order valence-corrected chi connectivity index (χ1v) is 12.8. The van der Waals surface area contributed by atoms with E-state index in [1.54, 1.807) is 24.3 Å². The third-order valence-electron chi connectivity index (χ3n) is 6.02. The summed E-state index contributed by atoms with van der Waals surface area (Å²) in [5.41, 5.74) is 6.67. The largest absolute Gasteiger partial charge is 0.504 e. The van der Waals surface area contributed by atoms with Crippen LogP contribution in [0.3, 0.4) is 0 Å². The highest BCUT2D eigenvalue weighted by Gasteiger charge is 2.22. The van der Waals surface area contributed by atoms with Crippen molar-refractivity contribution in [1.29, 1.82) is 0 Å². The van der Waals surface area contributed by atoms with Gasteiger partial charge in [0.05, 0.1) is 25.9 Å². The lowest BCUT2D eigenvalue weighted by molar-refractivity contribution is -0.112. The number of ketones is 1. The molecule has 0 aliphatic heterocycles. The molecule has 2 atom stereocenters. The Kier molecular flexibility index (Phi) is 16.0. The molecule has 0 saturated carbocycles. The maximum absolute atomic E-state index is 12.8. The number of hydrogen-bond donors (Lipinski definition) is 4. The van der Waals surface area contributed by atoms with Gasteiger partial charge in [-0.2, -0.15) is 0 Å². The van der Waals surface area contributed by atoms with E-state index in [0.717, 1.165) is 12.8 Å². The average Bonchev–Trinajstić information content (AvgIpc) is 2.85. The fourth-order valence-corrected chi connectivity index (χ4v) is 3.83. The van der Waals surface area contributed by atoms with Gasteiger partial charge >= 0.3 is 0 Å². The molecule has 1 aromatic rings. The number of hydrogen-bond acceptors (Lipinski definition) is 6. The summed E-state index contributed by atoms with van der Waals surface area (Å²) in [6.07, 6.45) is 17.8. The van der Waals surface area contributed by atoms with Crippen molar-refractivity contribution in [2.75, 3.05) is 13.7 Å². The summed E-state index contributed by atoms with van der Waals surface area (Å²) in [5, 5.41) is 29.5. The van der Waals surface area contributed by atoms with Crippen molar-refractivity contribution >= 4 is 11.9 Å². The standard InChI is InChI=1S/C28H45NO5/c1-3-4-5-6-7-8-9-10-11-12-13-14-15-23(28(33)24(29)21-30)25(31)18-16-22-17-19-26(32)27(20-22)34-2/h15-20,24,28,30,32-33H,3-14,21,29H2,1-2H3/b18-16+,23-15+/t24-,28+/m0/s1. The first-order chi connectivity index (χ1) is 16.4. The molecular weight excluding hydrogens is 430 g/mol. The van der Waals surface area contributed by atoms with E-state index in [1.807, 2.05) is 0 Å². The summed E-state index contributed by atoms with van der Waals surface area (Å²) >= 11 is 0. The quantitative estimate of drug-likeness (QED) is 0.160. The Morgan fingerprint density at radius 3 is 2.18 bits per heavy atom. The molecule has 6 heteroatoms. The molecule has 0 saturated heterocycles. The number of phenolic OH excluding ortho intramolecular Hbond substituents is 1. The highest BCUT2D eigenvalue weighted by Crippen LogP contribution is 2.27. The Morgan fingerprint density at radius 1 is 1.03 bits per heavy atom. The number of unbranched alkanes of at least 4 members (excludes halogenated alkanes) is 11. The van der Waals surface area contributed by atoms with E-state index in [2.05, 4.69) is 6.92 Å². The van der Waals surface area contributed by atoms with Crippen LogP contribution in [0.2, 0.25) is 0 Å². The van der Waals surface area contributed by atoms with Crippen LogP contribution in [0.5, 0.6) is 11.5 Å².